The van der Waals surface area contributed by atoms with E-state index in [1.54, 1.807) is 0 Å². The highest BCUT2D eigenvalue weighted by Crippen LogP contribution is 2.28. The van der Waals surface area contributed by atoms with Gasteiger partial charge in [-0.3, -0.25) is 9.69 Å². The van der Waals surface area contributed by atoms with Crippen molar-refractivity contribution in [3.8, 4) is 11.5 Å². The normalized spacial score (nSPS) is 21.2. The average Bonchev–Trinajstić information content (AvgIpc) is 3.41. The fourth-order valence-electron chi connectivity index (χ4n) is 3.97. The Morgan fingerprint density at radius 1 is 1.14 bits per heavy atom. The van der Waals surface area contributed by atoms with Gasteiger partial charge >= 0.3 is 0 Å². The Morgan fingerprint density at radius 3 is 2.90 bits per heavy atom. The van der Waals surface area contributed by atoms with E-state index in [4.69, 9.17) is 9.26 Å². The minimum Gasteiger partial charge on any atom is -0.379 e. The molecule has 2 aliphatic rings. The number of hydrogen-bond donors (Lipinski definition) is 0. The Kier molecular flexibility index (Phi) is 4.99. The lowest BCUT2D eigenvalue weighted by Crippen LogP contribution is -2.45. The highest BCUT2D eigenvalue weighted by molar-refractivity contribution is 5.77. The van der Waals surface area contributed by atoms with Gasteiger partial charge in [-0.15, -0.1) is 0 Å². The van der Waals surface area contributed by atoms with E-state index in [9.17, 15) is 4.79 Å². The number of aromatic nitrogens is 4. The van der Waals surface area contributed by atoms with E-state index >= 15 is 0 Å². The second-order valence-electron chi connectivity index (χ2n) is 7.58. The highest BCUT2D eigenvalue weighted by Gasteiger charge is 2.31. The lowest BCUT2D eigenvalue weighted by molar-refractivity contribution is -0.134. The monoisotopic (exact) mass is 396 g/mol. The molecule has 3 aromatic heterocycles. The molecule has 5 heterocycles. The number of carbonyl (C=O) groups excluding carboxylic acids is 1. The van der Waals surface area contributed by atoms with Crippen LogP contribution in [0, 0.1) is 0 Å². The number of amides is 1. The molecule has 0 N–H and O–H groups in total. The van der Waals surface area contributed by atoms with Gasteiger partial charge in [0.1, 0.15) is 11.3 Å². The predicted octanol–water partition coefficient (Wildman–Crippen LogP) is 1.42. The van der Waals surface area contributed by atoms with Crippen molar-refractivity contribution in [1.82, 2.24) is 29.3 Å². The van der Waals surface area contributed by atoms with E-state index in [2.05, 4.69) is 20.0 Å². The predicted molar refractivity (Wildman–Crippen MR) is 104 cm³/mol. The van der Waals surface area contributed by atoms with Crippen molar-refractivity contribution in [1.29, 1.82) is 0 Å². The minimum absolute atomic E-state index is 0.0654. The van der Waals surface area contributed by atoms with Crippen LogP contribution >= 0.6 is 0 Å². The minimum atomic E-state index is 0.0654. The topological polar surface area (TPSA) is 89.0 Å². The van der Waals surface area contributed by atoms with Crippen molar-refractivity contribution in [3.63, 3.8) is 0 Å². The first-order chi connectivity index (χ1) is 14.3. The summed E-state index contributed by atoms with van der Waals surface area (Å²) in [6.45, 7) is 5.61. The molecule has 2 fully saturated rings. The standard InChI is InChI=1S/C20H24N6O3/c27-18-5-4-15(13-26(18)8-7-24-9-11-28-12-10-24)20-22-19(23-29-20)16-14-25-6-2-1-3-17(25)21-16/h1-3,6,14-15H,4-5,7-13H2/t15-/m0/s1. The molecule has 1 amide bonds. The van der Waals surface area contributed by atoms with E-state index in [-0.39, 0.29) is 11.8 Å². The second-order valence-corrected chi connectivity index (χ2v) is 7.58. The fourth-order valence-corrected chi connectivity index (χ4v) is 3.97. The average molecular weight is 396 g/mol. The summed E-state index contributed by atoms with van der Waals surface area (Å²) in [5.41, 5.74) is 1.52. The Labute approximate surface area is 168 Å². The molecule has 0 saturated carbocycles. The Balaban J connectivity index is 1.26. The number of morpholine rings is 1. The van der Waals surface area contributed by atoms with Crippen LogP contribution in [0.3, 0.4) is 0 Å². The zero-order valence-corrected chi connectivity index (χ0v) is 16.2. The Bertz CT molecular complexity index is 960. The molecule has 0 aliphatic carbocycles. The summed E-state index contributed by atoms with van der Waals surface area (Å²) < 4.78 is 12.9. The molecule has 0 spiro atoms. The second kappa shape index (κ2) is 7.92. The number of ether oxygens (including phenoxy) is 1. The number of piperidine rings is 1. The van der Waals surface area contributed by atoms with Gasteiger partial charge in [0, 0.05) is 51.5 Å². The van der Waals surface area contributed by atoms with Crippen LogP contribution in [0.25, 0.3) is 17.2 Å². The first-order valence-electron chi connectivity index (χ1n) is 10.1. The van der Waals surface area contributed by atoms with Gasteiger partial charge in [0.2, 0.25) is 17.6 Å². The lowest BCUT2D eigenvalue weighted by atomic mass is 9.97. The van der Waals surface area contributed by atoms with Crippen molar-refractivity contribution in [2.24, 2.45) is 0 Å². The molecule has 9 nitrogen and oxygen atoms in total. The summed E-state index contributed by atoms with van der Waals surface area (Å²) in [5, 5.41) is 4.13. The molecule has 2 saturated heterocycles. The number of nitrogens with zero attached hydrogens (tertiary/aromatic N) is 6. The van der Waals surface area contributed by atoms with Crippen molar-refractivity contribution >= 4 is 11.6 Å². The van der Waals surface area contributed by atoms with Gasteiger partial charge in [-0.2, -0.15) is 4.98 Å². The lowest BCUT2D eigenvalue weighted by Gasteiger charge is -2.34. The summed E-state index contributed by atoms with van der Waals surface area (Å²) in [6.07, 6.45) is 5.08. The highest BCUT2D eigenvalue weighted by atomic mass is 16.5. The molecule has 0 radical (unpaired) electrons. The van der Waals surface area contributed by atoms with Gasteiger partial charge in [0.25, 0.3) is 0 Å². The molecule has 2 aliphatic heterocycles. The molecule has 5 rings (SSSR count). The quantitative estimate of drug-likeness (QED) is 0.644. The molecule has 0 unspecified atom stereocenters. The number of likely N-dealkylation sites (tertiary alicyclic amines) is 1. The third-order valence-corrected chi connectivity index (χ3v) is 5.67. The van der Waals surface area contributed by atoms with E-state index in [0.717, 1.165) is 51.5 Å². The van der Waals surface area contributed by atoms with Crippen LogP contribution in [0.4, 0.5) is 0 Å². The SMILES string of the molecule is O=C1CC[C@H](c2nc(-c3cn4ccccc4n3)no2)CN1CCN1CCOCC1. The zero-order valence-electron chi connectivity index (χ0n) is 16.2. The molecule has 152 valence electrons. The molecule has 1 atom stereocenters. The first kappa shape index (κ1) is 18.3. The molecule has 0 bridgehead atoms. The van der Waals surface area contributed by atoms with E-state index in [1.807, 2.05) is 39.9 Å². The van der Waals surface area contributed by atoms with Crippen LogP contribution in [-0.4, -0.2) is 81.2 Å². The van der Waals surface area contributed by atoms with Gasteiger partial charge in [-0.05, 0) is 18.6 Å². The summed E-state index contributed by atoms with van der Waals surface area (Å²) in [7, 11) is 0. The smallest absolute Gasteiger partial charge is 0.231 e. The fraction of sp³-hybridized carbons (Fsp3) is 0.500. The number of rotatable bonds is 5. The summed E-state index contributed by atoms with van der Waals surface area (Å²) in [6, 6.07) is 5.83. The van der Waals surface area contributed by atoms with E-state index in [0.29, 0.717) is 30.4 Å². The molecule has 0 aromatic carbocycles. The van der Waals surface area contributed by atoms with Crippen LogP contribution in [0.1, 0.15) is 24.7 Å². The summed E-state index contributed by atoms with van der Waals surface area (Å²) >= 11 is 0. The van der Waals surface area contributed by atoms with Gasteiger partial charge in [-0.25, -0.2) is 4.98 Å². The maximum absolute atomic E-state index is 12.4. The van der Waals surface area contributed by atoms with Crippen LogP contribution in [0.5, 0.6) is 0 Å². The Morgan fingerprint density at radius 2 is 2.03 bits per heavy atom. The van der Waals surface area contributed by atoms with Crippen molar-refractivity contribution in [2.75, 3.05) is 45.9 Å². The third-order valence-electron chi connectivity index (χ3n) is 5.67. The number of carbonyl (C=O) groups is 1. The maximum Gasteiger partial charge on any atom is 0.231 e. The molecule has 9 heteroatoms. The van der Waals surface area contributed by atoms with Gasteiger partial charge in [0.15, 0.2) is 0 Å². The number of imidazole rings is 1. The molecular formula is C20H24N6O3. The number of hydrogen-bond acceptors (Lipinski definition) is 7. The summed E-state index contributed by atoms with van der Waals surface area (Å²) in [4.78, 5) is 25.8. The van der Waals surface area contributed by atoms with E-state index in [1.165, 1.54) is 0 Å². The largest absolute Gasteiger partial charge is 0.379 e. The van der Waals surface area contributed by atoms with Crippen molar-refractivity contribution < 1.29 is 14.1 Å². The molecule has 3 aromatic rings. The molecular weight excluding hydrogens is 372 g/mol. The van der Waals surface area contributed by atoms with Gasteiger partial charge in [0.05, 0.1) is 19.1 Å². The van der Waals surface area contributed by atoms with Crippen molar-refractivity contribution in [2.45, 2.75) is 18.8 Å². The van der Waals surface area contributed by atoms with Crippen LogP contribution in [0.2, 0.25) is 0 Å². The summed E-state index contributed by atoms with van der Waals surface area (Å²) in [5.74, 6) is 1.34. The van der Waals surface area contributed by atoms with Gasteiger partial charge in [-0.1, -0.05) is 11.2 Å². The first-order valence-corrected chi connectivity index (χ1v) is 10.1. The number of pyridine rings is 1. The van der Waals surface area contributed by atoms with Crippen molar-refractivity contribution in [3.05, 3.63) is 36.5 Å². The van der Waals surface area contributed by atoms with E-state index < -0.39 is 0 Å². The molecule has 29 heavy (non-hydrogen) atoms. The van der Waals surface area contributed by atoms with Crippen LogP contribution in [0.15, 0.2) is 35.1 Å². The maximum atomic E-state index is 12.4. The Hall–Kier alpha value is -2.78. The zero-order chi connectivity index (χ0) is 19.6. The van der Waals surface area contributed by atoms with Crippen LogP contribution in [-0.2, 0) is 9.53 Å². The van der Waals surface area contributed by atoms with Gasteiger partial charge < -0.3 is 18.6 Å². The van der Waals surface area contributed by atoms with Crippen LogP contribution < -0.4 is 0 Å². The third kappa shape index (κ3) is 3.88. The number of fused-ring (bicyclic) bond motifs is 1.